The fraction of sp³-hybridized carbons (Fsp3) is 0.353. The van der Waals surface area contributed by atoms with Crippen molar-refractivity contribution in [1.82, 2.24) is 19.5 Å². The van der Waals surface area contributed by atoms with Crippen molar-refractivity contribution in [3.8, 4) is 0 Å². The quantitative estimate of drug-likeness (QED) is 0.609. The highest BCUT2D eigenvalue weighted by Crippen LogP contribution is 2.30. The van der Waals surface area contributed by atoms with Crippen LogP contribution in [-0.4, -0.2) is 43.4 Å². The Morgan fingerprint density at radius 2 is 2.19 bits per heavy atom. The lowest BCUT2D eigenvalue weighted by molar-refractivity contribution is -0.0646. The Morgan fingerprint density at radius 1 is 1.38 bits per heavy atom. The number of fused-ring (bicyclic) bond motifs is 1. The summed E-state index contributed by atoms with van der Waals surface area (Å²) in [5, 5.41) is 10.3. The van der Waals surface area contributed by atoms with E-state index in [0.717, 1.165) is 5.56 Å². The number of aromatic nitrogens is 4. The van der Waals surface area contributed by atoms with E-state index in [1.54, 1.807) is 4.57 Å². The third-order valence-electron chi connectivity index (χ3n) is 4.36. The number of benzene rings is 1. The molecular formula is C17H19N5O4. The van der Waals surface area contributed by atoms with Gasteiger partial charge in [0.2, 0.25) is 5.95 Å². The van der Waals surface area contributed by atoms with E-state index in [4.69, 9.17) is 15.2 Å². The van der Waals surface area contributed by atoms with Crippen molar-refractivity contribution in [2.24, 2.45) is 0 Å². The number of nitrogens with two attached hydrogens (primary N) is 1. The minimum absolute atomic E-state index is 0.00513. The molecule has 3 atom stereocenters. The standard InChI is InChI=1S/C17H19N5O4/c18-17-20-15-14(16(24)21-17)19-9-22(15)13-6-11(23)12(26-13)8-25-7-10-4-2-1-3-5-10/h1-5,9,11-13,23H,6-8H2,(H3,18,20,21,24)/t11-,12+,13+/m0/s1. The maximum Gasteiger partial charge on any atom is 0.280 e. The van der Waals surface area contributed by atoms with Gasteiger partial charge in [-0.05, 0) is 5.56 Å². The molecule has 0 bridgehead atoms. The van der Waals surface area contributed by atoms with Crippen LogP contribution in [0.15, 0.2) is 41.5 Å². The fourth-order valence-corrected chi connectivity index (χ4v) is 3.06. The molecule has 1 fully saturated rings. The number of nitrogen functional groups attached to an aromatic ring is 1. The summed E-state index contributed by atoms with van der Waals surface area (Å²) in [6.45, 7) is 0.703. The maximum atomic E-state index is 11.9. The number of aromatic amines is 1. The second kappa shape index (κ2) is 6.87. The van der Waals surface area contributed by atoms with E-state index in [0.29, 0.717) is 18.7 Å². The number of nitrogens with one attached hydrogen (secondary N) is 1. The zero-order valence-corrected chi connectivity index (χ0v) is 13.9. The van der Waals surface area contributed by atoms with Crippen LogP contribution in [0.25, 0.3) is 11.2 Å². The molecule has 0 saturated carbocycles. The van der Waals surface area contributed by atoms with Crippen LogP contribution >= 0.6 is 0 Å². The van der Waals surface area contributed by atoms with Gasteiger partial charge in [-0.2, -0.15) is 4.98 Å². The monoisotopic (exact) mass is 357 g/mol. The molecule has 136 valence electrons. The first kappa shape index (κ1) is 16.7. The average Bonchev–Trinajstić information content (AvgIpc) is 3.20. The average molecular weight is 357 g/mol. The lowest BCUT2D eigenvalue weighted by atomic mass is 10.2. The number of ether oxygens (including phenoxy) is 2. The number of rotatable bonds is 5. The summed E-state index contributed by atoms with van der Waals surface area (Å²) < 4.78 is 13.2. The van der Waals surface area contributed by atoms with Gasteiger partial charge in [-0.15, -0.1) is 0 Å². The molecular weight excluding hydrogens is 338 g/mol. The Labute approximate surface area is 148 Å². The molecule has 3 aromatic rings. The van der Waals surface area contributed by atoms with E-state index in [-0.39, 0.29) is 18.1 Å². The number of aliphatic hydroxyl groups is 1. The number of aliphatic hydroxyl groups excluding tert-OH is 1. The molecule has 1 aliphatic rings. The van der Waals surface area contributed by atoms with Crippen LogP contribution in [0, 0.1) is 0 Å². The van der Waals surface area contributed by atoms with Gasteiger partial charge in [-0.3, -0.25) is 14.3 Å². The fourth-order valence-electron chi connectivity index (χ4n) is 3.06. The van der Waals surface area contributed by atoms with Crippen LogP contribution in [0.3, 0.4) is 0 Å². The minimum Gasteiger partial charge on any atom is -0.390 e. The highest BCUT2D eigenvalue weighted by Gasteiger charge is 2.36. The predicted molar refractivity (Wildman–Crippen MR) is 93.2 cm³/mol. The highest BCUT2D eigenvalue weighted by molar-refractivity contribution is 5.70. The second-order valence-corrected chi connectivity index (χ2v) is 6.21. The first-order valence-corrected chi connectivity index (χ1v) is 8.29. The van der Waals surface area contributed by atoms with E-state index in [9.17, 15) is 9.90 Å². The van der Waals surface area contributed by atoms with Gasteiger partial charge in [0.25, 0.3) is 5.56 Å². The molecule has 9 heteroatoms. The zero-order chi connectivity index (χ0) is 18.1. The van der Waals surface area contributed by atoms with Crippen molar-refractivity contribution >= 4 is 17.1 Å². The van der Waals surface area contributed by atoms with Crippen LogP contribution in [0.2, 0.25) is 0 Å². The molecule has 0 amide bonds. The molecule has 9 nitrogen and oxygen atoms in total. The normalized spacial score (nSPS) is 22.9. The summed E-state index contributed by atoms with van der Waals surface area (Å²) in [4.78, 5) is 22.5. The number of hydrogen-bond donors (Lipinski definition) is 3. The molecule has 0 radical (unpaired) electrons. The lowest BCUT2D eigenvalue weighted by Crippen LogP contribution is -2.26. The number of H-pyrrole nitrogens is 1. The topological polar surface area (TPSA) is 128 Å². The Bertz CT molecular complexity index is 955. The first-order chi connectivity index (χ1) is 12.6. The summed E-state index contributed by atoms with van der Waals surface area (Å²) in [5.41, 5.74) is 6.76. The van der Waals surface area contributed by atoms with Crippen LogP contribution in [0.5, 0.6) is 0 Å². The van der Waals surface area contributed by atoms with Gasteiger partial charge in [0.1, 0.15) is 12.3 Å². The third-order valence-corrected chi connectivity index (χ3v) is 4.36. The van der Waals surface area contributed by atoms with Gasteiger partial charge in [0.15, 0.2) is 11.2 Å². The van der Waals surface area contributed by atoms with Crippen LogP contribution < -0.4 is 11.3 Å². The van der Waals surface area contributed by atoms with Crippen molar-refractivity contribution in [3.63, 3.8) is 0 Å². The summed E-state index contributed by atoms with van der Waals surface area (Å²) >= 11 is 0. The lowest BCUT2D eigenvalue weighted by Gasteiger charge is -2.16. The van der Waals surface area contributed by atoms with Gasteiger partial charge < -0.3 is 20.3 Å². The molecule has 1 saturated heterocycles. The number of imidazole rings is 1. The van der Waals surface area contributed by atoms with E-state index < -0.39 is 24.0 Å². The van der Waals surface area contributed by atoms with Gasteiger partial charge in [0, 0.05) is 6.42 Å². The second-order valence-electron chi connectivity index (χ2n) is 6.21. The van der Waals surface area contributed by atoms with E-state index in [1.165, 1.54) is 6.33 Å². The van der Waals surface area contributed by atoms with E-state index >= 15 is 0 Å². The molecule has 0 spiro atoms. The summed E-state index contributed by atoms with van der Waals surface area (Å²) in [5.74, 6) is 0.00513. The van der Waals surface area contributed by atoms with Gasteiger partial charge >= 0.3 is 0 Å². The molecule has 1 aliphatic heterocycles. The number of hydrogen-bond acceptors (Lipinski definition) is 7. The van der Waals surface area contributed by atoms with Gasteiger partial charge in [-0.1, -0.05) is 30.3 Å². The number of anilines is 1. The molecule has 0 aliphatic carbocycles. The first-order valence-electron chi connectivity index (χ1n) is 8.29. The molecule has 3 heterocycles. The van der Waals surface area contributed by atoms with Crippen molar-refractivity contribution in [3.05, 3.63) is 52.6 Å². The van der Waals surface area contributed by atoms with Crippen molar-refractivity contribution in [1.29, 1.82) is 0 Å². The van der Waals surface area contributed by atoms with E-state index in [2.05, 4.69) is 15.0 Å². The van der Waals surface area contributed by atoms with Gasteiger partial charge in [0.05, 0.1) is 25.6 Å². The van der Waals surface area contributed by atoms with Gasteiger partial charge in [-0.25, -0.2) is 4.98 Å². The largest absolute Gasteiger partial charge is 0.390 e. The molecule has 2 aromatic heterocycles. The smallest absolute Gasteiger partial charge is 0.280 e. The number of nitrogens with zero attached hydrogens (tertiary/aromatic N) is 3. The maximum absolute atomic E-state index is 11.9. The summed E-state index contributed by atoms with van der Waals surface area (Å²) in [6.07, 6.45) is 0.165. The molecule has 26 heavy (non-hydrogen) atoms. The Hall–Kier alpha value is -2.75. The van der Waals surface area contributed by atoms with Crippen molar-refractivity contribution < 1.29 is 14.6 Å². The predicted octanol–water partition coefficient (Wildman–Crippen LogP) is 0.567. The SMILES string of the molecule is Nc1nc2c(ncn2[C@H]2C[C@H](O)[C@@H](COCc3ccccc3)O2)c(=O)[nH]1. The Morgan fingerprint density at radius 3 is 3.00 bits per heavy atom. The zero-order valence-electron chi connectivity index (χ0n) is 13.9. The minimum atomic E-state index is -0.687. The summed E-state index contributed by atoms with van der Waals surface area (Å²) in [6, 6.07) is 9.78. The van der Waals surface area contributed by atoms with Crippen LogP contribution in [0.4, 0.5) is 5.95 Å². The molecule has 0 unspecified atom stereocenters. The van der Waals surface area contributed by atoms with Crippen LogP contribution in [0.1, 0.15) is 18.2 Å². The third kappa shape index (κ3) is 3.19. The van der Waals surface area contributed by atoms with Crippen molar-refractivity contribution in [2.75, 3.05) is 12.3 Å². The Kier molecular flexibility index (Phi) is 4.41. The summed E-state index contributed by atoms with van der Waals surface area (Å²) in [7, 11) is 0. The molecule has 4 N–H and O–H groups in total. The Balaban J connectivity index is 1.45. The van der Waals surface area contributed by atoms with Crippen molar-refractivity contribution in [2.45, 2.75) is 31.5 Å². The molecule has 4 rings (SSSR count). The van der Waals surface area contributed by atoms with Crippen LogP contribution in [-0.2, 0) is 16.1 Å². The molecule has 1 aromatic carbocycles. The van der Waals surface area contributed by atoms with E-state index in [1.807, 2.05) is 30.3 Å². The highest BCUT2D eigenvalue weighted by atomic mass is 16.6.